The molecule has 0 saturated carbocycles. The van der Waals surface area contributed by atoms with Crippen molar-refractivity contribution in [2.24, 2.45) is 0 Å². The first kappa shape index (κ1) is 15.8. The highest BCUT2D eigenvalue weighted by molar-refractivity contribution is 5.45. The minimum absolute atomic E-state index is 0.604. The molecule has 0 radical (unpaired) electrons. The van der Waals surface area contributed by atoms with Gasteiger partial charge in [0.2, 0.25) is 0 Å². The van der Waals surface area contributed by atoms with Gasteiger partial charge in [-0.1, -0.05) is 19.4 Å². The Hall–Kier alpha value is -1.57. The lowest BCUT2D eigenvalue weighted by Crippen LogP contribution is -2.43. The fourth-order valence-corrected chi connectivity index (χ4v) is 2.90. The second kappa shape index (κ2) is 8.02. The van der Waals surface area contributed by atoms with Crippen LogP contribution in [0.1, 0.15) is 37.3 Å². The van der Waals surface area contributed by atoms with Gasteiger partial charge in [-0.25, -0.2) is 0 Å². The van der Waals surface area contributed by atoms with Gasteiger partial charge in [0.15, 0.2) is 0 Å². The number of likely N-dealkylation sites (N-methyl/N-ethyl adjacent to an activating group) is 1. The van der Waals surface area contributed by atoms with Crippen LogP contribution in [0.25, 0.3) is 0 Å². The van der Waals surface area contributed by atoms with E-state index in [4.69, 9.17) is 4.74 Å². The number of rotatable bonds is 6. The van der Waals surface area contributed by atoms with Crippen LogP contribution in [0.3, 0.4) is 0 Å². The van der Waals surface area contributed by atoms with Crippen LogP contribution < -0.4 is 10.1 Å². The summed E-state index contributed by atoms with van der Waals surface area (Å²) in [7, 11) is 1.60. The average Bonchev–Trinajstić information content (AvgIpc) is 2.55. The van der Waals surface area contributed by atoms with E-state index in [-0.39, 0.29) is 0 Å². The summed E-state index contributed by atoms with van der Waals surface area (Å²) in [5, 5.41) is 12.8. The second-order valence-electron chi connectivity index (χ2n) is 5.62. The number of piperidine rings is 1. The first-order valence-corrected chi connectivity index (χ1v) is 7.79. The molecule has 114 valence electrons. The SMILES string of the molecule is CCN(Cc1ccc(OC)c(C#N)c1)CC1CCCCN1. The summed E-state index contributed by atoms with van der Waals surface area (Å²) < 4.78 is 5.20. The summed E-state index contributed by atoms with van der Waals surface area (Å²) in [5.41, 5.74) is 1.78. The van der Waals surface area contributed by atoms with Crippen LogP contribution in [0.2, 0.25) is 0 Å². The van der Waals surface area contributed by atoms with Crippen LogP contribution in [0.5, 0.6) is 5.75 Å². The van der Waals surface area contributed by atoms with Gasteiger partial charge >= 0.3 is 0 Å². The molecular weight excluding hydrogens is 262 g/mol. The Labute approximate surface area is 127 Å². The van der Waals surface area contributed by atoms with Gasteiger partial charge in [-0.05, 0) is 43.6 Å². The van der Waals surface area contributed by atoms with Crippen molar-refractivity contribution in [1.29, 1.82) is 5.26 Å². The Morgan fingerprint density at radius 1 is 1.43 bits per heavy atom. The number of nitrogens with one attached hydrogen (secondary N) is 1. The monoisotopic (exact) mass is 287 g/mol. The van der Waals surface area contributed by atoms with Crippen LogP contribution in [-0.2, 0) is 6.54 Å². The molecule has 4 nitrogen and oxygen atoms in total. The molecule has 2 rings (SSSR count). The zero-order valence-electron chi connectivity index (χ0n) is 13.1. The lowest BCUT2D eigenvalue weighted by molar-refractivity contribution is 0.226. The number of hydrogen-bond donors (Lipinski definition) is 1. The minimum Gasteiger partial charge on any atom is -0.495 e. The van der Waals surface area contributed by atoms with Gasteiger partial charge in [0.25, 0.3) is 0 Å². The maximum absolute atomic E-state index is 9.17. The van der Waals surface area contributed by atoms with Gasteiger partial charge < -0.3 is 10.1 Å². The van der Waals surface area contributed by atoms with Crippen molar-refractivity contribution in [2.45, 2.75) is 38.8 Å². The topological polar surface area (TPSA) is 48.3 Å². The molecule has 1 N–H and O–H groups in total. The second-order valence-corrected chi connectivity index (χ2v) is 5.62. The molecule has 0 spiro atoms. The zero-order valence-corrected chi connectivity index (χ0v) is 13.1. The fourth-order valence-electron chi connectivity index (χ4n) is 2.90. The molecule has 1 fully saturated rings. The van der Waals surface area contributed by atoms with E-state index in [1.54, 1.807) is 7.11 Å². The molecule has 0 aromatic heterocycles. The molecule has 1 aliphatic rings. The lowest BCUT2D eigenvalue weighted by Gasteiger charge is -2.30. The summed E-state index contributed by atoms with van der Waals surface area (Å²) in [5.74, 6) is 0.651. The lowest BCUT2D eigenvalue weighted by atomic mass is 10.0. The van der Waals surface area contributed by atoms with E-state index in [0.717, 1.165) is 26.2 Å². The van der Waals surface area contributed by atoms with E-state index in [1.807, 2.05) is 12.1 Å². The quantitative estimate of drug-likeness (QED) is 0.873. The van der Waals surface area contributed by atoms with Gasteiger partial charge in [0, 0.05) is 19.1 Å². The van der Waals surface area contributed by atoms with E-state index >= 15 is 0 Å². The molecule has 1 unspecified atom stereocenters. The molecule has 1 aromatic carbocycles. The molecule has 1 atom stereocenters. The standard InChI is InChI=1S/C17H25N3O/c1-3-20(13-16-6-4-5-9-19-16)12-14-7-8-17(21-2)15(10-14)11-18/h7-8,10,16,19H,3-6,9,12-13H2,1-2H3. The van der Waals surface area contributed by atoms with Crippen molar-refractivity contribution < 1.29 is 4.74 Å². The molecule has 1 heterocycles. The molecule has 4 heteroatoms. The fraction of sp³-hybridized carbons (Fsp3) is 0.588. The van der Waals surface area contributed by atoms with E-state index in [0.29, 0.717) is 17.4 Å². The van der Waals surface area contributed by atoms with Crippen molar-refractivity contribution in [3.63, 3.8) is 0 Å². The van der Waals surface area contributed by atoms with Crippen molar-refractivity contribution >= 4 is 0 Å². The average molecular weight is 287 g/mol. The Kier molecular flexibility index (Phi) is 6.04. The Bertz CT molecular complexity index is 489. The summed E-state index contributed by atoms with van der Waals surface area (Å²) >= 11 is 0. The third-order valence-electron chi connectivity index (χ3n) is 4.13. The number of ether oxygens (including phenoxy) is 1. The first-order valence-electron chi connectivity index (χ1n) is 7.79. The molecule has 0 bridgehead atoms. The van der Waals surface area contributed by atoms with Crippen LogP contribution in [0.4, 0.5) is 0 Å². The normalized spacial score (nSPS) is 18.5. The first-order chi connectivity index (χ1) is 10.3. The number of benzene rings is 1. The van der Waals surface area contributed by atoms with Crippen LogP contribution in [0, 0.1) is 11.3 Å². The molecule has 1 aliphatic heterocycles. The molecular formula is C17H25N3O. The van der Waals surface area contributed by atoms with Gasteiger partial charge in [-0.15, -0.1) is 0 Å². The molecule has 0 aliphatic carbocycles. The van der Waals surface area contributed by atoms with Crippen molar-refractivity contribution in [2.75, 3.05) is 26.7 Å². The highest BCUT2D eigenvalue weighted by atomic mass is 16.5. The zero-order chi connectivity index (χ0) is 15.1. The van der Waals surface area contributed by atoms with Crippen LogP contribution in [-0.4, -0.2) is 37.7 Å². The summed E-state index contributed by atoms with van der Waals surface area (Å²) in [6.07, 6.45) is 3.89. The predicted molar refractivity (Wildman–Crippen MR) is 84.3 cm³/mol. The Morgan fingerprint density at radius 3 is 2.90 bits per heavy atom. The highest BCUT2D eigenvalue weighted by Gasteiger charge is 2.16. The van der Waals surface area contributed by atoms with Crippen molar-refractivity contribution in [1.82, 2.24) is 10.2 Å². The smallest absolute Gasteiger partial charge is 0.136 e. The van der Waals surface area contributed by atoms with Gasteiger partial charge in [0.05, 0.1) is 12.7 Å². The van der Waals surface area contributed by atoms with E-state index in [2.05, 4.69) is 29.3 Å². The third kappa shape index (κ3) is 4.45. The number of nitrogens with zero attached hydrogens (tertiary/aromatic N) is 2. The maximum atomic E-state index is 9.17. The highest BCUT2D eigenvalue weighted by Crippen LogP contribution is 2.20. The Morgan fingerprint density at radius 2 is 2.29 bits per heavy atom. The predicted octanol–water partition coefficient (Wildman–Crippen LogP) is 2.53. The van der Waals surface area contributed by atoms with Crippen molar-refractivity contribution in [3.8, 4) is 11.8 Å². The molecule has 1 saturated heterocycles. The Balaban J connectivity index is 1.99. The van der Waals surface area contributed by atoms with E-state index < -0.39 is 0 Å². The van der Waals surface area contributed by atoms with Gasteiger partial charge in [-0.2, -0.15) is 5.26 Å². The number of methoxy groups -OCH3 is 1. The van der Waals surface area contributed by atoms with Gasteiger partial charge in [0.1, 0.15) is 11.8 Å². The summed E-state index contributed by atoms with van der Waals surface area (Å²) in [6, 6.07) is 8.69. The largest absolute Gasteiger partial charge is 0.495 e. The van der Waals surface area contributed by atoms with E-state index in [1.165, 1.54) is 24.8 Å². The van der Waals surface area contributed by atoms with Crippen LogP contribution in [0.15, 0.2) is 18.2 Å². The minimum atomic E-state index is 0.604. The molecule has 21 heavy (non-hydrogen) atoms. The summed E-state index contributed by atoms with van der Waals surface area (Å²) in [4.78, 5) is 2.44. The molecule has 0 amide bonds. The number of nitriles is 1. The van der Waals surface area contributed by atoms with Crippen molar-refractivity contribution in [3.05, 3.63) is 29.3 Å². The third-order valence-corrected chi connectivity index (χ3v) is 4.13. The molecule has 1 aromatic rings. The van der Waals surface area contributed by atoms with Gasteiger partial charge in [-0.3, -0.25) is 4.90 Å². The summed E-state index contributed by atoms with van der Waals surface area (Å²) in [6.45, 7) is 6.31. The maximum Gasteiger partial charge on any atom is 0.136 e. The number of hydrogen-bond acceptors (Lipinski definition) is 4. The van der Waals surface area contributed by atoms with Crippen LogP contribution >= 0.6 is 0 Å². The van der Waals surface area contributed by atoms with E-state index in [9.17, 15) is 5.26 Å².